The van der Waals surface area contributed by atoms with Gasteiger partial charge >= 0.3 is 5.97 Å². The van der Waals surface area contributed by atoms with Crippen molar-refractivity contribution in [1.29, 1.82) is 0 Å². The van der Waals surface area contributed by atoms with E-state index in [0.717, 1.165) is 5.56 Å². The molecule has 0 amide bonds. The summed E-state index contributed by atoms with van der Waals surface area (Å²) < 4.78 is 13.9. The molecule has 0 spiro atoms. The van der Waals surface area contributed by atoms with Crippen LogP contribution in [0.2, 0.25) is 0 Å². The van der Waals surface area contributed by atoms with Gasteiger partial charge in [0.1, 0.15) is 11.1 Å². The van der Waals surface area contributed by atoms with Gasteiger partial charge in [0.15, 0.2) is 0 Å². The normalized spacial score (nSPS) is 13.8. The number of hydrogen-bond donors (Lipinski definition) is 2. The second kappa shape index (κ2) is 5.89. The smallest absolute Gasteiger partial charge is 0.317 e. The molecule has 2 aromatic rings. The zero-order valence-corrected chi connectivity index (χ0v) is 10.9. The van der Waals surface area contributed by atoms with Gasteiger partial charge in [-0.1, -0.05) is 48.5 Å². The first-order valence-corrected chi connectivity index (χ1v) is 6.33. The van der Waals surface area contributed by atoms with E-state index in [1.165, 1.54) is 6.07 Å². The summed E-state index contributed by atoms with van der Waals surface area (Å²) in [7, 11) is 0. The van der Waals surface area contributed by atoms with Crippen LogP contribution < -0.4 is 0 Å². The summed E-state index contributed by atoms with van der Waals surface area (Å²) in [4.78, 5) is 11.2. The molecule has 0 aliphatic carbocycles. The van der Waals surface area contributed by atoms with E-state index in [1.54, 1.807) is 42.5 Å². The number of thiol groups is 1. The minimum Gasteiger partial charge on any atom is -0.480 e. The molecule has 98 valence electrons. The molecule has 0 aromatic heterocycles. The van der Waals surface area contributed by atoms with E-state index in [2.05, 4.69) is 12.6 Å². The molecule has 2 rings (SSSR count). The molecule has 2 unspecified atom stereocenters. The highest BCUT2D eigenvalue weighted by Crippen LogP contribution is 2.32. The van der Waals surface area contributed by atoms with Crippen LogP contribution in [0.1, 0.15) is 17.0 Å². The topological polar surface area (TPSA) is 37.3 Å². The largest absolute Gasteiger partial charge is 0.480 e. The third-order valence-corrected chi connectivity index (χ3v) is 3.49. The SMILES string of the molecule is O=C(O)C(S)C(c1ccccc1)c1ccccc1F. The predicted octanol–water partition coefficient (Wildman–Crippen LogP) is 3.34. The highest BCUT2D eigenvalue weighted by atomic mass is 32.1. The van der Waals surface area contributed by atoms with E-state index in [9.17, 15) is 9.18 Å². The van der Waals surface area contributed by atoms with Gasteiger partial charge in [0.05, 0.1) is 0 Å². The molecule has 0 saturated carbocycles. The fourth-order valence-corrected chi connectivity index (χ4v) is 2.39. The molecule has 0 bridgehead atoms. The summed E-state index contributed by atoms with van der Waals surface area (Å²) in [6.07, 6.45) is 0. The average Bonchev–Trinajstić information content (AvgIpc) is 2.42. The Kier molecular flexibility index (Phi) is 4.22. The minimum absolute atomic E-state index is 0.344. The first-order chi connectivity index (χ1) is 9.11. The van der Waals surface area contributed by atoms with Gasteiger partial charge in [0.25, 0.3) is 0 Å². The second-order valence-corrected chi connectivity index (χ2v) is 4.75. The predicted molar refractivity (Wildman–Crippen MR) is 75.1 cm³/mol. The van der Waals surface area contributed by atoms with Crippen molar-refractivity contribution >= 4 is 18.6 Å². The monoisotopic (exact) mass is 276 g/mol. The first-order valence-electron chi connectivity index (χ1n) is 5.81. The lowest BCUT2D eigenvalue weighted by Gasteiger charge is -2.21. The number of carboxylic acids is 1. The van der Waals surface area contributed by atoms with Crippen LogP contribution in [0.25, 0.3) is 0 Å². The summed E-state index contributed by atoms with van der Waals surface area (Å²) in [6, 6.07) is 15.2. The van der Waals surface area contributed by atoms with E-state index >= 15 is 0 Å². The van der Waals surface area contributed by atoms with Crippen molar-refractivity contribution < 1.29 is 14.3 Å². The van der Waals surface area contributed by atoms with Crippen molar-refractivity contribution in [3.8, 4) is 0 Å². The summed E-state index contributed by atoms with van der Waals surface area (Å²) in [5, 5.41) is 8.17. The highest BCUT2D eigenvalue weighted by Gasteiger charge is 2.29. The Bertz CT molecular complexity index is 571. The molecule has 1 N–H and O–H groups in total. The third kappa shape index (κ3) is 2.96. The Morgan fingerprint density at radius 1 is 1.05 bits per heavy atom. The second-order valence-electron chi connectivity index (χ2n) is 4.19. The van der Waals surface area contributed by atoms with Crippen molar-refractivity contribution in [3.63, 3.8) is 0 Å². The van der Waals surface area contributed by atoms with Crippen molar-refractivity contribution in [2.75, 3.05) is 0 Å². The standard InChI is InChI=1S/C15H13FO2S/c16-12-9-5-4-8-11(12)13(14(19)15(17)18)10-6-2-1-3-7-10/h1-9,13-14,19H,(H,17,18). The molecule has 0 aliphatic heterocycles. The Morgan fingerprint density at radius 2 is 1.63 bits per heavy atom. The number of carboxylic acid groups (broad SMARTS) is 1. The molecular weight excluding hydrogens is 263 g/mol. The zero-order valence-electron chi connectivity index (χ0n) is 10.0. The van der Waals surface area contributed by atoms with Gasteiger partial charge in [-0.25, -0.2) is 4.39 Å². The van der Waals surface area contributed by atoms with Gasteiger partial charge in [-0.05, 0) is 17.2 Å². The summed E-state index contributed by atoms with van der Waals surface area (Å²) in [5.74, 6) is -2.11. The van der Waals surface area contributed by atoms with Gasteiger partial charge in [-0.15, -0.1) is 0 Å². The maximum atomic E-state index is 13.9. The van der Waals surface area contributed by atoms with Crippen LogP contribution in [0.3, 0.4) is 0 Å². The lowest BCUT2D eigenvalue weighted by molar-refractivity contribution is -0.136. The molecule has 0 saturated heterocycles. The molecule has 4 heteroatoms. The Labute approximate surface area is 116 Å². The maximum Gasteiger partial charge on any atom is 0.317 e. The van der Waals surface area contributed by atoms with Crippen molar-refractivity contribution in [2.24, 2.45) is 0 Å². The van der Waals surface area contributed by atoms with Crippen LogP contribution in [0.5, 0.6) is 0 Å². The van der Waals surface area contributed by atoms with Gasteiger partial charge in [0.2, 0.25) is 0 Å². The van der Waals surface area contributed by atoms with E-state index in [1.807, 2.05) is 6.07 Å². The van der Waals surface area contributed by atoms with E-state index in [4.69, 9.17) is 5.11 Å². The lowest BCUT2D eigenvalue weighted by Crippen LogP contribution is -2.24. The van der Waals surface area contributed by atoms with E-state index < -0.39 is 23.0 Å². The Balaban J connectivity index is 2.53. The number of rotatable bonds is 4. The average molecular weight is 276 g/mol. The summed E-state index contributed by atoms with van der Waals surface area (Å²) in [5.41, 5.74) is 1.08. The quantitative estimate of drug-likeness (QED) is 0.840. The van der Waals surface area contributed by atoms with Crippen LogP contribution in [-0.2, 0) is 4.79 Å². The fourth-order valence-electron chi connectivity index (χ4n) is 2.06. The fraction of sp³-hybridized carbons (Fsp3) is 0.133. The van der Waals surface area contributed by atoms with E-state index in [-0.39, 0.29) is 0 Å². The van der Waals surface area contributed by atoms with Crippen LogP contribution in [0.4, 0.5) is 4.39 Å². The molecule has 0 radical (unpaired) electrons. The van der Waals surface area contributed by atoms with Crippen LogP contribution in [0.15, 0.2) is 54.6 Å². The minimum atomic E-state index is -1.07. The van der Waals surface area contributed by atoms with Crippen molar-refractivity contribution in [3.05, 3.63) is 71.5 Å². The number of hydrogen-bond acceptors (Lipinski definition) is 2. The number of benzene rings is 2. The van der Waals surface area contributed by atoms with Gasteiger partial charge in [0, 0.05) is 5.92 Å². The lowest BCUT2D eigenvalue weighted by atomic mass is 9.88. The third-order valence-electron chi connectivity index (χ3n) is 2.97. The molecule has 2 aromatic carbocycles. The van der Waals surface area contributed by atoms with Crippen LogP contribution in [-0.4, -0.2) is 16.3 Å². The van der Waals surface area contributed by atoms with Gasteiger partial charge in [-0.2, -0.15) is 12.6 Å². The molecule has 0 heterocycles. The Morgan fingerprint density at radius 3 is 2.21 bits per heavy atom. The molecule has 2 nitrogen and oxygen atoms in total. The van der Waals surface area contributed by atoms with Crippen molar-refractivity contribution in [1.82, 2.24) is 0 Å². The van der Waals surface area contributed by atoms with E-state index in [0.29, 0.717) is 5.56 Å². The molecule has 0 aliphatic rings. The zero-order chi connectivity index (χ0) is 13.8. The summed E-state index contributed by atoms with van der Waals surface area (Å²) >= 11 is 4.12. The Hall–Kier alpha value is -1.81. The molecule has 0 fully saturated rings. The number of aliphatic carboxylic acids is 1. The van der Waals surface area contributed by atoms with Crippen LogP contribution >= 0.6 is 12.6 Å². The van der Waals surface area contributed by atoms with Crippen LogP contribution in [0, 0.1) is 5.82 Å². The molecular formula is C15H13FO2S. The maximum absolute atomic E-state index is 13.9. The summed E-state index contributed by atoms with van der Waals surface area (Å²) in [6.45, 7) is 0. The highest BCUT2D eigenvalue weighted by molar-refractivity contribution is 7.81. The number of halogens is 1. The van der Waals surface area contributed by atoms with Crippen molar-refractivity contribution in [2.45, 2.75) is 11.2 Å². The van der Waals surface area contributed by atoms with Gasteiger partial charge < -0.3 is 5.11 Å². The first kappa shape index (κ1) is 13.6. The van der Waals surface area contributed by atoms with Gasteiger partial charge in [-0.3, -0.25) is 4.79 Å². The molecule has 2 atom stereocenters. The number of carbonyl (C=O) groups is 1. The molecule has 19 heavy (non-hydrogen) atoms.